The highest BCUT2D eigenvalue weighted by Crippen LogP contribution is 2.28. The van der Waals surface area contributed by atoms with Crippen LogP contribution in [0.25, 0.3) is 6.08 Å². The lowest BCUT2D eigenvalue weighted by Crippen LogP contribution is -2.17. The Balaban J connectivity index is 3.34. The summed E-state index contributed by atoms with van der Waals surface area (Å²) < 4.78 is 13.2. The van der Waals surface area contributed by atoms with Gasteiger partial charge < -0.3 is 5.11 Å². The van der Waals surface area contributed by atoms with E-state index >= 15 is 0 Å². The highest BCUT2D eigenvalue weighted by molar-refractivity contribution is 5.93. The number of hydrogen-bond donors (Lipinski definition) is 1. The monoisotopic (exact) mass is 267 g/mol. The van der Waals surface area contributed by atoms with Crippen molar-refractivity contribution in [2.45, 2.75) is 20.8 Å². The Morgan fingerprint density at radius 2 is 2.00 bits per heavy atom. The van der Waals surface area contributed by atoms with Crippen LogP contribution in [0.15, 0.2) is 23.8 Å². The third kappa shape index (κ3) is 3.61. The number of carboxylic acids is 1. The van der Waals surface area contributed by atoms with E-state index in [0.29, 0.717) is 0 Å². The fourth-order valence-corrected chi connectivity index (χ4v) is 1.53. The summed E-state index contributed by atoms with van der Waals surface area (Å²) in [5, 5.41) is 19.7. The Morgan fingerprint density at radius 3 is 2.42 bits per heavy atom. The second kappa shape index (κ2) is 5.17. The number of carbonyl (C=O) groups is 1. The zero-order chi connectivity index (χ0) is 14.8. The maximum absolute atomic E-state index is 13.2. The van der Waals surface area contributed by atoms with Crippen LogP contribution in [0, 0.1) is 21.3 Å². The molecule has 1 rings (SSSR count). The molecule has 19 heavy (non-hydrogen) atoms. The molecular formula is C13H14FNO4. The van der Waals surface area contributed by atoms with Crippen LogP contribution in [0.2, 0.25) is 0 Å². The zero-order valence-electron chi connectivity index (χ0n) is 10.8. The van der Waals surface area contributed by atoms with E-state index in [1.165, 1.54) is 12.1 Å². The van der Waals surface area contributed by atoms with E-state index in [4.69, 9.17) is 5.11 Å². The molecule has 0 unspecified atom stereocenters. The maximum atomic E-state index is 13.2. The number of rotatable bonds is 3. The Kier molecular flexibility index (Phi) is 4.04. The molecule has 0 atom stereocenters. The summed E-state index contributed by atoms with van der Waals surface area (Å²) >= 11 is 0. The number of hydrogen-bond acceptors (Lipinski definition) is 3. The summed E-state index contributed by atoms with van der Waals surface area (Å²) in [6, 6.07) is 3.27. The quantitative estimate of drug-likeness (QED) is 0.518. The SMILES string of the molecule is CC(C)(C)/C(=C\c1ccc(F)c([N+](=O)[O-])c1)C(=O)O. The second-order valence-electron chi connectivity index (χ2n) is 5.08. The Morgan fingerprint density at radius 1 is 1.42 bits per heavy atom. The third-order valence-corrected chi connectivity index (χ3v) is 2.52. The third-order valence-electron chi connectivity index (χ3n) is 2.52. The summed E-state index contributed by atoms with van der Waals surface area (Å²) in [5.41, 5.74) is -0.934. The molecule has 0 amide bonds. The largest absolute Gasteiger partial charge is 0.478 e. The zero-order valence-corrected chi connectivity index (χ0v) is 10.8. The molecular weight excluding hydrogens is 253 g/mol. The lowest BCUT2D eigenvalue weighted by Gasteiger charge is -2.19. The van der Waals surface area contributed by atoms with Gasteiger partial charge in [-0.05, 0) is 23.1 Å². The van der Waals surface area contributed by atoms with Crippen molar-refractivity contribution in [1.82, 2.24) is 0 Å². The van der Waals surface area contributed by atoms with Crippen LogP contribution in [-0.4, -0.2) is 16.0 Å². The number of halogens is 1. The standard InChI is InChI=1S/C13H14FNO4/c1-13(2,3)9(12(16)17)6-8-4-5-10(14)11(7-8)15(18)19/h4-7H,1-3H3,(H,16,17)/b9-6-. The predicted octanol–water partition coefficient (Wildman–Crippen LogP) is 3.25. The molecule has 0 radical (unpaired) electrons. The Bertz CT molecular complexity index is 558. The molecule has 0 fully saturated rings. The number of aliphatic carboxylic acids is 1. The maximum Gasteiger partial charge on any atom is 0.332 e. The fourth-order valence-electron chi connectivity index (χ4n) is 1.53. The lowest BCUT2D eigenvalue weighted by molar-refractivity contribution is -0.387. The van der Waals surface area contributed by atoms with E-state index in [-0.39, 0.29) is 11.1 Å². The van der Waals surface area contributed by atoms with Gasteiger partial charge in [0.15, 0.2) is 0 Å². The van der Waals surface area contributed by atoms with Crippen LogP contribution in [-0.2, 0) is 4.79 Å². The summed E-state index contributed by atoms with van der Waals surface area (Å²) in [5.74, 6) is -2.06. The topological polar surface area (TPSA) is 80.4 Å². The molecule has 102 valence electrons. The van der Waals surface area contributed by atoms with Gasteiger partial charge >= 0.3 is 11.7 Å². The molecule has 0 aliphatic carbocycles. The Labute approximate surface area is 109 Å². The number of benzene rings is 1. The van der Waals surface area contributed by atoms with Gasteiger partial charge in [0, 0.05) is 11.6 Å². The first kappa shape index (κ1) is 14.8. The average molecular weight is 267 g/mol. The molecule has 0 aliphatic rings. The van der Waals surface area contributed by atoms with Crippen molar-refractivity contribution in [2.24, 2.45) is 5.41 Å². The number of nitrogens with zero attached hydrogens (tertiary/aromatic N) is 1. The van der Waals surface area contributed by atoms with E-state index < -0.39 is 27.8 Å². The molecule has 0 bridgehead atoms. The highest BCUT2D eigenvalue weighted by Gasteiger charge is 2.24. The van der Waals surface area contributed by atoms with Crippen molar-refractivity contribution in [3.8, 4) is 0 Å². The molecule has 1 aromatic carbocycles. The van der Waals surface area contributed by atoms with Crippen molar-refractivity contribution in [2.75, 3.05) is 0 Å². The molecule has 0 aromatic heterocycles. The van der Waals surface area contributed by atoms with Crippen LogP contribution >= 0.6 is 0 Å². The Hall–Kier alpha value is -2.24. The van der Waals surface area contributed by atoms with E-state index in [9.17, 15) is 19.3 Å². The van der Waals surface area contributed by atoms with Crippen LogP contribution in [0.5, 0.6) is 0 Å². The van der Waals surface area contributed by atoms with Crippen LogP contribution < -0.4 is 0 Å². The van der Waals surface area contributed by atoms with Gasteiger partial charge in [0.25, 0.3) is 0 Å². The van der Waals surface area contributed by atoms with Gasteiger partial charge in [0.05, 0.1) is 4.92 Å². The number of carboxylic acid groups (broad SMARTS) is 1. The van der Waals surface area contributed by atoms with Gasteiger partial charge in [-0.1, -0.05) is 26.8 Å². The molecule has 6 heteroatoms. The summed E-state index contributed by atoms with van der Waals surface area (Å²) in [6.45, 7) is 5.14. The van der Waals surface area contributed by atoms with Gasteiger partial charge in [0.2, 0.25) is 5.82 Å². The number of nitro benzene ring substituents is 1. The fraction of sp³-hybridized carbons (Fsp3) is 0.308. The molecule has 1 aromatic rings. The van der Waals surface area contributed by atoms with E-state index in [0.717, 1.165) is 12.1 Å². The first-order chi connectivity index (χ1) is 8.62. The van der Waals surface area contributed by atoms with Crippen molar-refractivity contribution in [1.29, 1.82) is 0 Å². The molecule has 0 saturated carbocycles. The molecule has 0 saturated heterocycles. The predicted molar refractivity (Wildman–Crippen MR) is 68.1 cm³/mol. The minimum atomic E-state index is -1.11. The first-order valence-corrected chi connectivity index (χ1v) is 5.52. The van der Waals surface area contributed by atoms with Gasteiger partial charge in [-0.15, -0.1) is 0 Å². The normalized spacial score (nSPS) is 12.3. The van der Waals surface area contributed by atoms with Crippen molar-refractivity contribution >= 4 is 17.7 Å². The van der Waals surface area contributed by atoms with E-state index in [1.807, 2.05) is 0 Å². The highest BCUT2D eigenvalue weighted by atomic mass is 19.1. The van der Waals surface area contributed by atoms with E-state index in [1.54, 1.807) is 20.8 Å². The van der Waals surface area contributed by atoms with Crippen molar-refractivity contribution in [3.05, 3.63) is 45.3 Å². The molecule has 0 aliphatic heterocycles. The molecule has 5 nitrogen and oxygen atoms in total. The van der Waals surface area contributed by atoms with Crippen molar-refractivity contribution in [3.63, 3.8) is 0 Å². The second-order valence-corrected chi connectivity index (χ2v) is 5.08. The average Bonchev–Trinajstić information content (AvgIpc) is 2.25. The van der Waals surface area contributed by atoms with Gasteiger partial charge in [0.1, 0.15) is 0 Å². The van der Waals surface area contributed by atoms with Gasteiger partial charge in [-0.25, -0.2) is 4.79 Å². The smallest absolute Gasteiger partial charge is 0.332 e. The first-order valence-electron chi connectivity index (χ1n) is 5.52. The lowest BCUT2D eigenvalue weighted by atomic mass is 9.85. The minimum absolute atomic E-state index is 0.0911. The molecule has 0 spiro atoms. The van der Waals surface area contributed by atoms with E-state index in [2.05, 4.69) is 0 Å². The van der Waals surface area contributed by atoms with Crippen LogP contribution in [0.3, 0.4) is 0 Å². The van der Waals surface area contributed by atoms with Crippen LogP contribution in [0.1, 0.15) is 26.3 Å². The molecule has 1 N–H and O–H groups in total. The van der Waals surface area contributed by atoms with Gasteiger partial charge in [-0.3, -0.25) is 10.1 Å². The number of nitro groups is 1. The summed E-state index contributed by atoms with van der Waals surface area (Å²) in [6.07, 6.45) is 1.31. The minimum Gasteiger partial charge on any atom is -0.478 e. The summed E-state index contributed by atoms with van der Waals surface area (Å²) in [7, 11) is 0. The summed E-state index contributed by atoms with van der Waals surface area (Å²) in [4.78, 5) is 20.9. The van der Waals surface area contributed by atoms with Crippen LogP contribution in [0.4, 0.5) is 10.1 Å². The van der Waals surface area contributed by atoms with Gasteiger partial charge in [-0.2, -0.15) is 4.39 Å². The molecule has 0 heterocycles. The van der Waals surface area contributed by atoms with Crippen molar-refractivity contribution < 1.29 is 19.2 Å².